The molecule has 3 aromatic carbocycles. The minimum absolute atomic E-state index is 0.0159. The highest BCUT2D eigenvalue weighted by Gasteiger charge is 2.32. The molecule has 0 aliphatic carbocycles. The van der Waals surface area contributed by atoms with E-state index in [0.29, 0.717) is 30.2 Å². The fourth-order valence-corrected chi connectivity index (χ4v) is 6.38. The molecule has 0 amide bonds. The van der Waals surface area contributed by atoms with E-state index in [-0.39, 0.29) is 29.6 Å². The van der Waals surface area contributed by atoms with Crippen LogP contribution in [0.5, 0.6) is 0 Å². The highest BCUT2D eigenvalue weighted by atomic mass is 35.5. The van der Waals surface area contributed by atoms with Gasteiger partial charge in [-0.3, -0.25) is 4.90 Å². The van der Waals surface area contributed by atoms with E-state index in [1.54, 1.807) is 6.07 Å². The summed E-state index contributed by atoms with van der Waals surface area (Å²) in [5, 5.41) is 0.428. The molecule has 37 heavy (non-hydrogen) atoms. The third-order valence-corrected chi connectivity index (χ3v) is 8.77. The van der Waals surface area contributed by atoms with Gasteiger partial charge < -0.3 is 4.74 Å². The highest BCUT2D eigenvalue weighted by molar-refractivity contribution is 7.89. The van der Waals surface area contributed by atoms with Gasteiger partial charge in [0.15, 0.2) is 0 Å². The molecule has 0 N–H and O–H groups in total. The Morgan fingerprint density at radius 3 is 2.19 bits per heavy atom. The molecule has 5 nitrogen and oxygen atoms in total. The average molecular weight is 573 g/mol. The number of ether oxygens (including phenoxy) is 1. The van der Waals surface area contributed by atoms with Crippen molar-refractivity contribution in [3.8, 4) is 0 Å². The van der Waals surface area contributed by atoms with E-state index in [9.17, 15) is 21.6 Å². The standard InChI is InChI=1S/C26H25Cl2F3N2O3S/c27-22-9-10-24(23(28)18-22)37(34,35)33-13-11-32(12-14-33)15-16-36-25(19-5-2-1-3-6-19)20-7-4-8-21(17-20)26(29,30)31/h1-10,17-18,25H,11-16H2. The second-order valence-corrected chi connectivity index (χ2v) is 11.4. The quantitative estimate of drug-likeness (QED) is 0.326. The molecule has 198 valence electrons. The third-order valence-electron chi connectivity index (χ3n) is 6.15. The summed E-state index contributed by atoms with van der Waals surface area (Å²) < 4.78 is 73.4. The molecule has 1 aliphatic rings. The molecule has 11 heteroatoms. The SMILES string of the molecule is O=S(=O)(c1ccc(Cl)cc1Cl)N1CCN(CCOC(c2ccccc2)c2cccc(C(F)(F)F)c2)CC1. The van der Waals surface area contributed by atoms with Gasteiger partial charge in [-0.05, 0) is 41.5 Å². The molecule has 0 aromatic heterocycles. The van der Waals surface area contributed by atoms with Crippen molar-refractivity contribution in [3.63, 3.8) is 0 Å². The minimum Gasteiger partial charge on any atom is -0.367 e. The molecular weight excluding hydrogens is 548 g/mol. The van der Waals surface area contributed by atoms with Gasteiger partial charge >= 0.3 is 6.18 Å². The summed E-state index contributed by atoms with van der Waals surface area (Å²) in [6.07, 6.45) is -5.12. The lowest BCUT2D eigenvalue weighted by Crippen LogP contribution is -2.49. The largest absolute Gasteiger partial charge is 0.416 e. The second-order valence-electron chi connectivity index (χ2n) is 8.61. The zero-order valence-electron chi connectivity index (χ0n) is 19.7. The first-order chi connectivity index (χ1) is 17.6. The van der Waals surface area contributed by atoms with Crippen LogP contribution in [0.25, 0.3) is 0 Å². The van der Waals surface area contributed by atoms with Crippen LogP contribution in [0.4, 0.5) is 13.2 Å². The van der Waals surface area contributed by atoms with Crippen LogP contribution in [0.15, 0.2) is 77.7 Å². The number of halogens is 5. The Hall–Kier alpha value is -2.14. The predicted octanol–water partition coefficient (Wildman–Crippen LogP) is 6.12. The van der Waals surface area contributed by atoms with E-state index in [1.807, 2.05) is 30.3 Å². The van der Waals surface area contributed by atoms with Gasteiger partial charge in [0.05, 0.1) is 17.2 Å². The number of nitrogens with zero attached hydrogens (tertiary/aromatic N) is 2. The van der Waals surface area contributed by atoms with Gasteiger partial charge in [-0.2, -0.15) is 17.5 Å². The summed E-state index contributed by atoms with van der Waals surface area (Å²) in [6.45, 7) is 2.26. The molecule has 1 saturated heterocycles. The van der Waals surface area contributed by atoms with E-state index >= 15 is 0 Å². The number of hydrogen-bond acceptors (Lipinski definition) is 4. The van der Waals surface area contributed by atoms with Crippen LogP contribution < -0.4 is 0 Å². The molecule has 0 spiro atoms. The highest BCUT2D eigenvalue weighted by Crippen LogP contribution is 2.33. The van der Waals surface area contributed by atoms with Crippen molar-refractivity contribution in [2.75, 3.05) is 39.3 Å². The van der Waals surface area contributed by atoms with Crippen LogP contribution in [0.1, 0.15) is 22.8 Å². The zero-order chi connectivity index (χ0) is 26.6. The van der Waals surface area contributed by atoms with Gasteiger partial charge in [-0.15, -0.1) is 0 Å². The van der Waals surface area contributed by atoms with Gasteiger partial charge in [-0.1, -0.05) is 65.7 Å². The molecule has 3 aromatic rings. The monoisotopic (exact) mass is 572 g/mol. The molecule has 1 aliphatic heterocycles. The summed E-state index contributed by atoms with van der Waals surface area (Å²) in [6, 6.07) is 18.5. The fourth-order valence-electron chi connectivity index (χ4n) is 4.21. The summed E-state index contributed by atoms with van der Waals surface area (Å²) in [5.74, 6) is 0. The summed E-state index contributed by atoms with van der Waals surface area (Å²) >= 11 is 12.0. The van der Waals surface area contributed by atoms with Crippen molar-refractivity contribution in [1.82, 2.24) is 9.21 Å². The fraction of sp³-hybridized carbons (Fsp3) is 0.308. The van der Waals surface area contributed by atoms with Gasteiger partial charge in [0.25, 0.3) is 0 Å². The average Bonchev–Trinajstić information content (AvgIpc) is 2.87. The third kappa shape index (κ3) is 6.85. The zero-order valence-corrected chi connectivity index (χ0v) is 22.0. The summed E-state index contributed by atoms with van der Waals surface area (Å²) in [4.78, 5) is 2.08. The maximum Gasteiger partial charge on any atom is 0.416 e. The van der Waals surface area contributed by atoms with Gasteiger partial charge in [0.1, 0.15) is 11.0 Å². The lowest BCUT2D eigenvalue weighted by molar-refractivity contribution is -0.137. The molecule has 0 saturated carbocycles. The Morgan fingerprint density at radius 1 is 0.865 bits per heavy atom. The first-order valence-electron chi connectivity index (χ1n) is 11.6. The maximum absolute atomic E-state index is 13.3. The first kappa shape index (κ1) is 27.9. The summed E-state index contributed by atoms with van der Waals surface area (Å²) in [7, 11) is -3.76. The minimum atomic E-state index is -4.45. The molecule has 0 bridgehead atoms. The van der Waals surface area contributed by atoms with E-state index < -0.39 is 27.9 Å². The maximum atomic E-state index is 13.3. The Bertz CT molecular complexity index is 1320. The van der Waals surface area contributed by atoms with Crippen molar-refractivity contribution in [2.24, 2.45) is 0 Å². The first-order valence-corrected chi connectivity index (χ1v) is 13.8. The van der Waals surface area contributed by atoms with Gasteiger partial charge in [0.2, 0.25) is 10.0 Å². The van der Waals surface area contributed by atoms with Crippen molar-refractivity contribution < 1.29 is 26.3 Å². The number of rotatable bonds is 8. The van der Waals surface area contributed by atoms with E-state index in [1.165, 1.54) is 28.6 Å². The lowest BCUT2D eigenvalue weighted by atomic mass is 9.99. The van der Waals surface area contributed by atoms with Crippen LogP contribution in [0.2, 0.25) is 10.0 Å². The van der Waals surface area contributed by atoms with Gasteiger partial charge in [0, 0.05) is 37.7 Å². The predicted molar refractivity (Wildman–Crippen MR) is 137 cm³/mol. The van der Waals surface area contributed by atoms with Crippen molar-refractivity contribution in [3.05, 3.63) is 99.5 Å². The molecular formula is C26H25Cl2F3N2O3S. The normalized spacial score (nSPS) is 16.6. The van der Waals surface area contributed by atoms with Crippen LogP contribution in [-0.2, 0) is 20.9 Å². The second kappa shape index (κ2) is 11.7. The lowest BCUT2D eigenvalue weighted by Gasteiger charge is -2.34. The number of piperazine rings is 1. The van der Waals surface area contributed by atoms with Crippen molar-refractivity contribution in [1.29, 1.82) is 0 Å². The summed E-state index contributed by atoms with van der Waals surface area (Å²) in [5.41, 5.74) is 0.432. The molecule has 1 heterocycles. The molecule has 1 unspecified atom stereocenters. The Kier molecular flexibility index (Phi) is 8.83. The topological polar surface area (TPSA) is 49.9 Å². The molecule has 1 atom stereocenters. The van der Waals surface area contributed by atoms with Crippen molar-refractivity contribution in [2.45, 2.75) is 17.2 Å². The van der Waals surface area contributed by atoms with Crippen LogP contribution in [0.3, 0.4) is 0 Å². The van der Waals surface area contributed by atoms with E-state index in [4.69, 9.17) is 27.9 Å². The van der Waals surface area contributed by atoms with Gasteiger partial charge in [-0.25, -0.2) is 8.42 Å². The number of hydrogen-bond donors (Lipinski definition) is 0. The van der Waals surface area contributed by atoms with Crippen molar-refractivity contribution >= 4 is 33.2 Å². The Balaban J connectivity index is 1.38. The number of sulfonamides is 1. The Labute approximate surface area is 224 Å². The molecule has 4 rings (SSSR count). The van der Waals surface area contributed by atoms with E-state index in [2.05, 4.69) is 4.90 Å². The smallest absolute Gasteiger partial charge is 0.367 e. The van der Waals surface area contributed by atoms with Crippen LogP contribution in [0, 0.1) is 0 Å². The van der Waals surface area contributed by atoms with E-state index in [0.717, 1.165) is 17.7 Å². The van der Waals surface area contributed by atoms with Crippen LogP contribution in [-0.4, -0.2) is 57.0 Å². The number of alkyl halides is 3. The van der Waals surface area contributed by atoms with Crippen LogP contribution >= 0.6 is 23.2 Å². The molecule has 1 fully saturated rings. The Morgan fingerprint density at radius 2 is 1.54 bits per heavy atom. The number of benzene rings is 3. The molecule has 0 radical (unpaired) electrons.